The molecule has 0 spiro atoms. The highest BCUT2D eigenvalue weighted by molar-refractivity contribution is 9.10. The van der Waals surface area contributed by atoms with Crippen molar-refractivity contribution < 1.29 is 13.2 Å². The normalized spacial score (nSPS) is 10.6. The fraction of sp³-hybridized carbons (Fsp3) is 0.0769. The molecule has 0 aliphatic rings. The zero-order valence-corrected chi connectivity index (χ0v) is 12.7. The first-order valence-electron chi connectivity index (χ1n) is 5.29. The summed E-state index contributed by atoms with van der Waals surface area (Å²) in [6.45, 7) is -0.00537. The average molecular weight is 395 g/mol. The molecule has 100 valence electrons. The van der Waals surface area contributed by atoms with Crippen molar-refractivity contribution in [1.82, 2.24) is 0 Å². The van der Waals surface area contributed by atoms with Gasteiger partial charge in [-0.1, -0.05) is 37.9 Å². The average Bonchev–Trinajstić information content (AvgIpc) is 2.30. The summed E-state index contributed by atoms with van der Waals surface area (Å²) in [6, 6.07) is 6.79. The Kier molecular flexibility index (Phi) is 4.52. The van der Waals surface area contributed by atoms with Gasteiger partial charge in [0.15, 0.2) is 0 Å². The first-order valence-corrected chi connectivity index (χ1v) is 6.88. The fourth-order valence-electron chi connectivity index (χ4n) is 1.56. The summed E-state index contributed by atoms with van der Waals surface area (Å²) in [4.78, 5) is 0. The van der Waals surface area contributed by atoms with Crippen LogP contribution in [-0.2, 0) is 6.54 Å². The third-order valence-corrected chi connectivity index (χ3v) is 3.43. The van der Waals surface area contributed by atoms with E-state index in [0.29, 0.717) is 14.5 Å². The zero-order chi connectivity index (χ0) is 14.0. The number of hydrogen-bond donors (Lipinski definition) is 1. The summed E-state index contributed by atoms with van der Waals surface area (Å²) >= 11 is 6.13. The van der Waals surface area contributed by atoms with Gasteiger partial charge in [0.05, 0.1) is 0 Å². The minimum atomic E-state index is -0.732. The number of nitrogens with one attached hydrogen (secondary N) is 1. The topological polar surface area (TPSA) is 12.0 Å². The number of rotatable bonds is 3. The smallest absolute Gasteiger partial charge is 0.150 e. The van der Waals surface area contributed by atoms with Gasteiger partial charge in [0.2, 0.25) is 0 Å². The van der Waals surface area contributed by atoms with Crippen LogP contribution in [0.15, 0.2) is 39.3 Å². The van der Waals surface area contributed by atoms with E-state index in [1.807, 2.05) is 0 Å². The molecule has 0 atom stereocenters. The maximum absolute atomic E-state index is 13.6. The molecule has 1 nitrogen and oxygen atoms in total. The molecule has 19 heavy (non-hydrogen) atoms. The van der Waals surface area contributed by atoms with Gasteiger partial charge in [0, 0.05) is 21.1 Å². The van der Waals surface area contributed by atoms with E-state index in [1.54, 1.807) is 12.1 Å². The van der Waals surface area contributed by atoms with Gasteiger partial charge in [-0.25, -0.2) is 13.2 Å². The Morgan fingerprint density at radius 2 is 1.42 bits per heavy atom. The molecule has 0 heterocycles. The Hall–Kier alpha value is -1.01. The van der Waals surface area contributed by atoms with Gasteiger partial charge in [-0.05, 0) is 24.3 Å². The minimum Gasteiger partial charge on any atom is -0.376 e. The highest BCUT2D eigenvalue weighted by Gasteiger charge is 2.11. The van der Waals surface area contributed by atoms with Crippen LogP contribution in [0.25, 0.3) is 0 Å². The van der Waals surface area contributed by atoms with E-state index in [9.17, 15) is 13.2 Å². The van der Waals surface area contributed by atoms with Crippen LogP contribution in [0.5, 0.6) is 0 Å². The SMILES string of the molecule is Fc1cc(Br)ccc1CNc1c(F)cc(Br)cc1F. The van der Waals surface area contributed by atoms with Crippen LogP contribution in [0.3, 0.4) is 0 Å². The summed E-state index contributed by atoms with van der Waals surface area (Å²) in [5.74, 6) is -1.91. The second-order valence-corrected chi connectivity index (χ2v) is 5.67. The van der Waals surface area contributed by atoms with Gasteiger partial charge in [-0.2, -0.15) is 0 Å². The Labute approximate surface area is 125 Å². The Morgan fingerprint density at radius 1 is 0.842 bits per heavy atom. The molecule has 0 amide bonds. The maximum Gasteiger partial charge on any atom is 0.150 e. The predicted octanol–water partition coefficient (Wildman–Crippen LogP) is 5.24. The second-order valence-electron chi connectivity index (χ2n) is 3.83. The lowest BCUT2D eigenvalue weighted by atomic mass is 10.2. The Balaban J connectivity index is 2.19. The van der Waals surface area contributed by atoms with Crippen molar-refractivity contribution >= 4 is 37.5 Å². The molecule has 0 bridgehead atoms. The number of halogens is 5. The monoisotopic (exact) mass is 393 g/mol. The molecule has 0 unspecified atom stereocenters. The minimum absolute atomic E-state index is 0.00537. The maximum atomic E-state index is 13.6. The van der Waals surface area contributed by atoms with Crippen molar-refractivity contribution in [3.05, 3.63) is 62.3 Å². The van der Waals surface area contributed by atoms with E-state index in [-0.39, 0.29) is 12.2 Å². The lowest BCUT2D eigenvalue weighted by Crippen LogP contribution is -2.05. The van der Waals surface area contributed by atoms with Gasteiger partial charge in [-0.3, -0.25) is 0 Å². The third kappa shape index (κ3) is 3.51. The van der Waals surface area contributed by atoms with Crippen LogP contribution in [0, 0.1) is 17.5 Å². The molecular formula is C13H8Br2F3N. The van der Waals surface area contributed by atoms with Crippen molar-refractivity contribution in [1.29, 1.82) is 0 Å². The molecule has 0 saturated carbocycles. The van der Waals surface area contributed by atoms with Gasteiger partial charge in [-0.15, -0.1) is 0 Å². The molecule has 0 fully saturated rings. The first-order chi connectivity index (χ1) is 8.97. The molecule has 6 heteroatoms. The molecule has 0 saturated heterocycles. The van der Waals surface area contributed by atoms with Crippen molar-refractivity contribution in [3.63, 3.8) is 0 Å². The molecule has 0 radical (unpaired) electrons. The molecular weight excluding hydrogens is 387 g/mol. The van der Waals surface area contributed by atoms with Crippen LogP contribution in [0.1, 0.15) is 5.56 Å². The van der Waals surface area contributed by atoms with Crippen molar-refractivity contribution in [2.45, 2.75) is 6.54 Å². The summed E-state index contributed by atoms with van der Waals surface area (Å²) in [5, 5.41) is 2.56. The number of benzene rings is 2. The summed E-state index contributed by atoms with van der Waals surface area (Å²) in [5.41, 5.74) is 0.0513. The largest absolute Gasteiger partial charge is 0.376 e. The third-order valence-electron chi connectivity index (χ3n) is 2.48. The first kappa shape index (κ1) is 14.4. The highest BCUT2D eigenvalue weighted by atomic mass is 79.9. The molecule has 0 aromatic heterocycles. The van der Waals surface area contributed by atoms with Crippen LogP contribution < -0.4 is 5.32 Å². The standard InChI is InChI=1S/C13H8Br2F3N/c14-8-2-1-7(10(16)3-8)6-19-13-11(17)4-9(15)5-12(13)18/h1-5,19H,6H2. The fourth-order valence-corrected chi connectivity index (χ4v) is 2.29. The van der Waals surface area contributed by atoms with E-state index >= 15 is 0 Å². The zero-order valence-electron chi connectivity index (χ0n) is 9.48. The van der Waals surface area contributed by atoms with Crippen LogP contribution >= 0.6 is 31.9 Å². The lowest BCUT2D eigenvalue weighted by molar-refractivity contribution is 0.584. The number of hydrogen-bond acceptors (Lipinski definition) is 1. The van der Waals surface area contributed by atoms with Gasteiger partial charge < -0.3 is 5.32 Å². The molecule has 2 rings (SSSR count). The van der Waals surface area contributed by atoms with E-state index in [2.05, 4.69) is 37.2 Å². The molecule has 0 aliphatic heterocycles. The molecule has 2 aromatic carbocycles. The van der Waals surface area contributed by atoms with Crippen molar-refractivity contribution in [2.24, 2.45) is 0 Å². The van der Waals surface area contributed by atoms with Gasteiger partial charge in [0.25, 0.3) is 0 Å². The highest BCUT2D eigenvalue weighted by Crippen LogP contribution is 2.25. The summed E-state index contributed by atoms with van der Waals surface area (Å²) in [7, 11) is 0. The molecule has 2 aromatic rings. The molecule has 0 aliphatic carbocycles. The summed E-state index contributed by atoms with van der Waals surface area (Å²) < 4.78 is 41.6. The predicted molar refractivity (Wildman–Crippen MR) is 75.5 cm³/mol. The Morgan fingerprint density at radius 3 is 2.00 bits per heavy atom. The van der Waals surface area contributed by atoms with Crippen molar-refractivity contribution in [2.75, 3.05) is 5.32 Å². The lowest BCUT2D eigenvalue weighted by Gasteiger charge is -2.10. The van der Waals surface area contributed by atoms with Crippen LogP contribution in [0.2, 0.25) is 0 Å². The molecule has 1 N–H and O–H groups in total. The van der Waals surface area contributed by atoms with Crippen molar-refractivity contribution in [3.8, 4) is 0 Å². The van der Waals surface area contributed by atoms with E-state index in [4.69, 9.17) is 0 Å². The van der Waals surface area contributed by atoms with Crippen LogP contribution in [0.4, 0.5) is 18.9 Å². The number of anilines is 1. The quantitative estimate of drug-likeness (QED) is 0.750. The van der Waals surface area contributed by atoms with Crippen LogP contribution in [-0.4, -0.2) is 0 Å². The van der Waals surface area contributed by atoms with Gasteiger partial charge in [0.1, 0.15) is 23.1 Å². The Bertz CT molecular complexity index is 594. The second kappa shape index (κ2) is 5.96. The summed E-state index contributed by atoms with van der Waals surface area (Å²) in [6.07, 6.45) is 0. The van der Waals surface area contributed by atoms with E-state index in [1.165, 1.54) is 6.07 Å². The van der Waals surface area contributed by atoms with E-state index in [0.717, 1.165) is 12.1 Å². The van der Waals surface area contributed by atoms with E-state index < -0.39 is 17.5 Å². The van der Waals surface area contributed by atoms with Gasteiger partial charge >= 0.3 is 0 Å².